The Morgan fingerprint density at radius 1 is 1.25 bits per heavy atom. The topological polar surface area (TPSA) is 62.4 Å². The molecule has 2 aromatic rings. The summed E-state index contributed by atoms with van der Waals surface area (Å²) in [5, 5.41) is 11.3. The van der Waals surface area contributed by atoms with Gasteiger partial charge in [0.15, 0.2) is 0 Å². The molecule has 1 aliphatic carbocycles. The third-order valence-corrected chi connectivity index (χ3v) is 4.21. The number of fused-ring (bicyclic) bond motifs is 1. The van der Waals surface area contributed by atoms with Crippen LogP contribution in [-0.2, 0) is 0 Å². The normalized spacial score (nSPS) is 15.2. The van der Waals surface area contributed by atoms with Crippen LogP contribution in [0.3, 0.4) is 0 Å². The van der Waals surface area contributed by atoms with Gasteiger partial charge in [-0.05, 0) is 43.9 Å². The Labute approximate surface area is 119 Å². The lowest BCUT2D eigenvalue weighted by Crippen LogP contribution is -2.41. The molecule has 0 atom stereocenters. The Morgan fingerprint density at radius 2 is 2.10 bits per heavy atom. The molecule has 1 aliphatic rings. The molecular weight excluding hydrogens is 250 g/mol. The lowest BCUT2D eigenvalue weighted by molar-refractivity contribution is 0.283. The van der Waals surface area contributed by atoms with Gasteiger partial charge in [0.05, 0.1) is 0 Å². The van der Waals surface area contributed by atoms with E-state index in [0.29, 0.717) is 6.04 Å². The van der Waals surface area contributed by atoms with Gasteiger partial charge in [0.25, 0.3) is 0 Å². The zero-order valence-corrected chi connectivity index (χ0v) is 11.6. The molecule has 1 heterocycles. The second-order valence-corrected chi connectivity index (χ2v) is 5.45. The molecule has 4 nitrogen and oxygen atoms in total. The maximum absolute atomic E-state index is 9.14. The molecule has 0 radical (unpaired) electrons. The molecule has 0 saturated heterocycles. The fraction of sp³-hybridized carbons (Fsp3) is 0.438. The molecule has 0 aliphatic heterocycles. The Kier molecular flexibility index (Phi) is 3.74. The highest BCUT2D eigenvalue weighted by atomic mass is 16.3. The van der Waals surface area contributed by atoms with Gasteiger partial charge in [-0.15, -0.1) is 0 Å². The molecular formula is C16H21N3O. The van der Waals surface area contributed by atoms with Gasteiger partial charge in [-0.25, -0.2) is 0 Å². The van der Waals surface area contributed by atoms with Crippen molar-refractivity contribution in [2.24, 2.45) is 0 Å². The molecule has 20 heavy (non-hydrogen) atoms. The Bertz CT molecular complexity index is 595. The number of nitrogens with zero attached hydrogens (tertiary/aromatic N) is 2. The summed E-state index contributed by atoms with van der Waals surface area (Å²) in [5.41, 5.74) is 8.04. The van der Waals surface area contributed by atoms with Gasteiger partial charge in [0.1, 0.15) is 0 Å². The van der Waals surface area contributed by atoms with Crippen LogP contribution >= 0.6 is 0 Å². The Balaban J connectivity index is 2.03. The van der Waals surface area contributed by atoms with E-state index in [1.54, 1.807) is 0 Å². The van der Waals surface area contributed by atoms with Gasteiger partial charge in [-0.2, -0.15) is 0 Å². The van der Waals surface area contributed by atoms with E-state index in [4.69, 9.17) is 10.8 Å². The highest BCUT2D eigenvalue weighted by molar-refractivity contribution is 6.00. The predicted molar refractivity (Wildman–Crippen MR) is 82.8 cm³/mol. The maximum atomic E-state index is 9.14. The lowest BCUT2D eigenvalue weighted by atomic mass is 9.90. The van der Waals surface area contributed by atoms with Crippen molar-refractivity contribution in [3.05, 3.63) is 30.6 Å². The number of hydrogen-bond donors (Lipinski definition) is 2. The van der Waals surface area contributed by atoms with Crippen LogP contribution in [-0.4, -0.2) is 29.3 Å². The Hall–Kier alpha value is -1.81. The van der Waals surface area contributed by atoms with Crippen molar-refractivity contribution < 1.29 is 5.11 Å². The number of benzene rings is 1. The third kappa shape index (κ3) is 2.31. The second kappa shape index (κ2) is 5.67. The van der Waals surface area contributed by atoms with Crippen molar-refractivity contribution in [3.63, 3.8) is 0 Å². The lowest BCUT2D eigenvalue weighted by Gasteiger charge is -2.40. The SMILES string of the molecule is Nc1ccc(N(CCCO)C2CCC2)c2ccncc12. The summed E-state index contributed by atoms with van der Waals surface area (Å²) in [6.45, 7) is 1.13. The molecule has 3 N–H and O–H groups in total. The molecule has 4 heteroatoms. The van der Waals surface area contributed by atoms with Crippen molar-refractivity contribution >= 4 is 22.1 Å². The maximum Gasteiger partial charge on any atom is 0.0451 e. The van der Waals surface area contributed by atoms with Crippen LogP contribution in [0.4, 0.5) is 11.4 Å². The third-order valence-electron chi connectivity index (χ3n) is 4.21. The first-order valence-corrected chi connectivity index (χ1v) is 7.31. The summed E-state index contributed by atoms with van der Waals surface area (Å²) >= 11 is 0. The van der Waals surface area contributed by atoms with E-state index in [0.717, 1.165) is 29.4 Å². The van der Waals surface area contributed by atoms with Crippen LogP contribution in [0.1, 0.15) is 25.7 Å². The monoisotopic (exact) mass is 271 g/mol. The van der Waals surface area contributed by atoms with Crippen LogP contribution in [0, 0.1) is 0 Å². The number of nitrogens with two attached hydrogens (primary N) is 1. The van der Waals surface area contributed by atoms with E-state index in [1.165, 1.54) is 24.9 Å². The van der Waals surface area contributed by atoms with Crippen molar-refractivity contribution in [1.29, 1.82) is 0 Å². The first kappa shape index (κ1) is 13.2. The molecule has 3 rings (SSSR count). The molecule has 1 fully saturated rings. The number of pyridine rings is 1. The minimum Gasteiger partial charge on any atom is -0.398 e. The van der Waals surface area contributed by atoms with Crippen molar-refractivity contribution in [3.8, 4) is 0 Å². The highest BCUT2D eigenvalue weighted by Crippen LogP contribution is 2.35. The first-order chi connectivity index (χ1) is 9.81. The first-order valence-electron chi connectivity index (χ1n) is 7.31. The van der Waals surface area contributed by atoms with Gasteiger partial charge < -0.3 is 15.7 Å². The average molecular weight is 271 g/mol. The summed E-state index contributed by atoms with van der Waals surface area (Å²) in [4.78, 5) is 6.61. The van der Waals surface area contributed by atoms with Crippen LogP contribution in [0.5, 0.6) is 0 Å². The molecule has 0 spiro atoms. The zero-order valence-electron chi connectivity index (χ0n) is 11.6. The van der Waals surface area contributed by atoms with Gasteiger partial charge >= 0.3 is 0 Å². The fourth-order valence-electron chi connectivity index (χ4n) is 2.89. The van der Waals surface area contributed by atoms with E-state index in [1.807, 2.05) is 24.5 Å². The fourth-order valence-corrected chi connectivity index (χ4v) is 2.89. The molecule has 0 bridgehead atoms. The molecule has 0 amide bonds. The molecule has 1 aromatic heterocycles. The number of aromatic nitrogens is 1. The van der Waals surface area contributed by atoms with E-state index < -0.39 is 0 Å². The quantitative estimate of drug-likeness (QED) is 0.820. The van der Waals surface area contributed by atoms with E-state index in [-0.39, 0.29) is 6.61 Å². The predicted octanol–water partition coefficient (Wildman–Crippen LogP) is 2.56. The number of hydrogen-bond acceptors (Lipinski definition) is 4. The van der Waals surface area contributed by atoms with Crippen molar-refractivity contribution in [1.82, 2.24) is 4.98 Å². The number of aliphatic hydroxyl groups excluding tert-OH is 1. The van der Waals surface area contributed by atoms with Crippen LogP contribution < -0.4 is 10.6 Å². The highest BCUT2D eigenvalue weighted by Gasteiger charge is 2.26. The van der Waals surface area contributed by atoms with E-state index >= 15 is 0 Å². The van der Waals surface area contributed by atoms with E-state index in [2.05, 4.69) is 16.0 Å². The number of anilines is 2. The van der Waals surface area contributed by atoms with Crippen LogP contribution in [0.2, 0.25) is 0 Å². The number of rotatable bonds is 5. The summed E-state index contributed by atoms with van der Waals surface area (Å²) in [7, 11) is 0. The van der Waals surface area contributed by atoms with Crippen LogP contribution in [0.15, 0.2) is 30.6 Å². The number of nitrogen functional groups attached to an aromatic ring is 1. The van der Waals surface area contributed by atoms with Gasteiger partial charge in [0.2, 0.25) is 0 Å². The molecule has 1 aromatic carbocycles. The molecule has 106 valence electrons. The molecule has 0 unspecified atom stereocenters. The summed E-state index contributed by atoms with van der Waals surface area (Å²) < 4.78 is 0. The summed E-state index contributed by atoms with van der Waals surface area (Å²) in [6.07, 6.45) is 8.22. The smallest absolute Gasteiger partial charge is 0.0451 e. The largest absolute Gasteiger partial charge is 0.398 e. The van der Waals surface area contributed by atoms with E-state index in [9.17, 15) is 0 Å². The minimum atomic E-state index is 0.234. The zero-order chi connectivity index (χ0) is 13.9. The second-order valence-electron chi connectivity index (χ2n) is 5.45. The van der Waals surface area contributed by atoms with Crippen LogP contribution in [0.25, 0.3) is 10.8 Å². The van der Waals surface area contributed by atoms with Crippen molar-refractivity contribution in [2.75, 3.05) is 23.8 Å². The van der Waals surface area contributed by atoms with Gasteiger partial charge in [0, 0.05) is 53.7 Å². The van der Waals surface area contributed by atoms with Gasteiger partial charge in [-0.1, -0.05) is 0 Å². The Morgan fingerprint density at radius 3 is 2.80 bits per heavy atom. The summed E-state index contributed by atoms with van der Waals surface area (Å²) in [5.74, 6) is 0. The van der Waals surface area contributed by atoms with Gasteiger partial charge in [-0.3, -0.25) is 4.98 Å². The standard InChI is InChI=1S/C16H21N3O/c17-15-5-6-16(13-7-8-18-11-14(13)15)19(9-2-10-20)12-3-1-4-12/h5-8,11-12,20H,1-4,9-10,17H2. The minimum absolute atomic E-state index is 0.234. The average Bonchev–Trinajstić information content (AvgIpc) is 2.42. The molecule has 1 saturated carbocycles. The van der Waals surface area contributed by atoms with Crippen molar-refractivity contribution in [2.45, 2.75) is 31.7 Å². The summed E-state index contributed by atoms with van der Waals surface area (Å²) in [6, 6.07) is 6.70. The number of aliphatic hydroxyl groups is 1.